The second kappa shape index (κ2) is 11.0. The highest BCUT2D eigenvalue weighted by Crippen LogP contribution is 2.29. The minimum atomic E-state index is -0.937. The second-order valence-corrected chi connectivity index (χ2v) is 8.07. The van der Waals surface area contributed by atoms with Crippen LogP contribution in [0.15, 0.2) is 67.0 Å². The number of rotatable bonds is 3. The van der Waals surface area contributed by atoms with Crippen molar-refractivity contribution in [3.05, 3.63) is 83.7 Å². The molecule has 172 valence electrons. The third-order valence-electron chi connectivity index (χ3n) is 5.63. The van der Waals surface area contributed by atoms with E-state index in [1.807, 2.05) is 42.6 Å². The van der Waals surface area contributed by atoms with Gasteiger partial charge in [0.15, 0.2) is 0 Å². The lowest BCUT2D eigenvalue weighted by Crippen LogP contribution is -2.46. The van der Waals surface area contributed by atoms with Crippen LogP contribution in [0.3, 0.4) is 0 Å². The Bertz CT molecular complexity index is 1070. The van der Waals surface area contributed by atoms with Crippen molar-refractivity contribution in [2.24, 2.45) is 5.73 Å². The maximum Gasteiger partial charge on any atom is 0.242 e. The SMILES string of the molecule is N[C@@H](CO)C(=O)N1CCOCCOc2ccc(-c3cccnc3)cc2Cc2cccc(c2)C1. The Morgan fingerprint density at radius 2 is 1.94 bits per heavy atom. The third kappa shape index (κ3) is 5.96. The number of carbonyl (C=O) groups excluding carboxylic acids is 1. The molecule has 4 rings (SSSR count). The third-order valence-corrected chi connectivity index (χ3v) is 5.63. The molecule has 7 heteroatoms. The van der Waals surface area contributed by atoms with Crippen molar-refractivity contribution >= 4 is 5.91 Å². The zero-order valence-corrected chi connectivity index (χ0v) is 18.5. The van der Waals surface area contributed by atoms with E-state index < -0.39 is 6.04 Å². The molecule has 0 saturated heterocycles. The van der Waals surface area contributed by atoms with Crippen LogP contribution in [0.2, 0.25) is 0 Å². The maximum absolute atomic E-state index is 12.7. The van der Waals surface area contributed by atoms with Gasteiger partial charge in [0.05, 0.1) is 19.8 Å². The summed E-state index contributed by atoms with van der Waals surface area (Å²) in [5, 5.41) is 9.33. The fourth-order valence-electron chi connectivity index (χ4n) is 3.92. The lowest BCUT2D eigenvalue weighted by atomic mass is 9.98. The van der Waals surface area contributed by atoms with Crippen molar-refractivity contribution in [3.8, 4) is 16.9 Å². The van der Waals surface area contributed by atoms with Gasteiger partial charge in [-0.3, -0.25) is 9.78 Å². The van der Waals surface area contributed by atoms with Gasteiger partial charge < -0.3 is 25.2 Å². The number of aromatic nitrogens is 1. The van der Waals surface area contributed by atoms with Crippen LogP contribution >= 0.6 is 0 Å². The Morgan fingerprint density at radius 1 is 1.06 bits per heavy atom. The highest BCUT2D eigenvalue weighted by molar-refractivity contribution is 5.81. The molecule has 0 radical (unpaired) electrons. The van der Waals surface area contributed by atoms with Crippen molar-refractivity contribution in [1.82, 2.24) is 9.88 Å². The molecule has 1 amide bonds. The number of hydrogen-bond acceptors (Lipinski definition) is 6. The van der Waals surface area contributed by atoms with Crippen LogP contribution in [0.5, 0.6) is 5.75 Å². The molecule has 3 aromatic rings. The molecule has 1 aromatic heterocycles. The smallest absolute Gasteiger partial charge is 0.242 e. The standard InChI is InChI=1S/C26H29N3O4/c27-24(18-30)26(31)29-9-10-32-11-12-33-25-7-6-21(22-5-2-8-28-16-22)15-23(25)14-19-3-1-4-20(13-19)17-29/h1-8,13,15-16,24,30H,9-12,14,17-18,27H2/t24-/m0/s1. The topological polar surface area (TPSA) is 97.9 Å². The minimum Gasteiger partial charge on any atom is -0.491 e. The van der Waals surface area contributed by atoms with Crippen molar-refractivity contribution in [3.63, 3.8) is 0 Å². The Morgan fingerprint density at radius 3 is 2.76 bits per heavy atom. The van der Waals surface area contributed by atoms with Gasteiger partial charge in [-0.2, -0.15) is 0 Å². The number of hydrogen-bond donors (Lipinski definition) is 2. The van der Waals surface area contributed by atoms with Crippen LogP contribution in [-0.4, -0.2) is 59.9 Å². The summed E-state index contributed by atoms with van der Waals surface area (Å²) in [6.45, 7) is 1.58. The van der Waals surface area contributed by atoms with Gasteiger partial charge in [-0.05, 0) is 40.5 Å². The number of carbonyl (C=O) groups is 1. The number of pyridine rings is 1. The summed E-state index contributed by atoms with van der Waals surface area (Å²) in [6.07, 6.45) is 4.30. The van der Waals surface area contributed by atoms with E-state index in [0.29, 0.717) is 39.3 Å². The minimum absolute atomic E-state index is 0.290. The molecule has 3 N–H and O–H groups in total. The molecule has 1 atom stereocenters. The van der Waals surface area contributed by atoms with Gasteiger partial charge in [-0.25, -0.2) is 0 Å². The molecule has 1 aliphatic heterocycles. The molecular formula is C26H29N3O4. The molecule has 0 unspecified atom stereocenters. The largest absolute Gasteiger partial charge is 0.491 e. The fraction of sp³-hybridized carbons (Fsp3) is 0.308. The van der Waals surface area contributed by atoms with Crippen molar-refractivity contribution < 1.29 is 19.4 Å². The van der Waals surface area contributed by atoms with Crippen LogP contribution in [-0.2, 0) is 22.5 Å². The van der Waals surface area contributed by atoms with E-state index in [-0.39, 0.29) is 12.5 Å². The molecule has 0 fully saturated rings. The van der Waals surface area contributed by atoms with E-state index in [1.54, 1.807) is 11.1 Å². The zero-order chi connectivity index (χ0) is 23.0. The highest BCUT2D eigenvalue weighted by atomic mass is 16.5. The summed E-state index contributed by atoms with van der Waals surface area (Å²) in [5.41, 5.74) is 11.1. The Balaban J connectivity index is 1.65. The van der Waals surface area contributed by atoms with E-state index in [1.165, 1.54) is 0 Å². The van der Waals surface area contributed by atoms with Gasteiger partial charge in [0.1, 0.15) is 18.4 Å². The van der Waals surface area contributed by atoms with Gasteiger partial charge in [-0.15, -0.1) is 0 Å². The van der Waals surface area contributed by atoms with Crippen LogP contribution in [0, 0.1) is 0 Å². The molecule has 2 aromatic carbocycles. The molecule has 33 heavy (non-hydrogen) atoms. The van der Waals surface area contributed by atoms with Gasteiger partial charge in [-0.1, -0.05) is 36.4 Å². The lowest BCUT2D eigenvalue weighted by Gasteiger charge is -2.26. The molecule has 0 saturated carbocycles. The monoisotopic (exact) mass is 447 g/mol. The van der Waals surface area contributed by atoms with Gasteiger partial charge in [0.2, 0.25) is 5.91 Å². The summed E-state index contributed by atoms with van der Waals surface area (Å²) >= 11 is 0. The first kappa shape index (κ1) is 22.9. The summed E-state index contributed by atoms with van der Waals surface area (Å²) in [6, 6.07) is 17.4. The molecule has 7 nitrogen and oxygen atoms in total. The van der Waals surface area contributed by atoms with Gasteiger partial charge in [0, 0.05) is 37.5 Å². The number of nitrogens with two attached hydrogens (primary N) is 1. The predicted octanol–water partition coefficient (Wildman–Crippen LogP) is 2.40. The number of benzene rings is 2. The molecule has 2 bridgehead atoms. The summed E-state index contributed by atoms with van der Waals surface area (Å²) in [4.78, 5) is 18.5. The van der Waals surface area contributed by atoms with Crippen LogP contribution < -0.4 is 10.5 Å². The van der Waals surface area contributed by atoms with Crippen molar-refractivity contribution in [2.75, 3.05) is 33.0 Å². The van der Waals surface area contributed by atoms with Crippen LogP contribution in [0.4, 0.5) is 0 Å². The molecule has 1 aliphatic rings. The van der Waals surface area contributed by atoms with Crippen molar-refractivity contribution in [2.45, 2.75) is 19.0 Å². The first-order chi connectivity index (χ1) is 16.1. The Hall–Kier alpha value is -3.26. The first-order valence-electron chi connectivity index (χ1n) is 11.1. The molecule has 0 spiro atoms. The molecule has 0 aliphatic carbocycles. The average molecular weight is 448 g/mol. The predicted molar refractivity (Wildman–Crippen MR) is 126 cm³/mol. The Labute approximate surface area is 193 Å². The number of aliphatic hydroxyl groups is 1. The highest BCUT2D eigenvalue weighted by Gasteiger charge is 2.21. The van der Waals surface area contributed by atoms with Crippen LogP contribution in [0.1, 0.15) is 16.7 Å². The number of amides is 1. The number of ether oxygens (including phenoxy) is 2. The quantitative estimate of drug-likeness (QED) is 0.640. The van der Waals surface area contributed by atoms with Gasteiger partial charge >= 0.3 is 0 Å². The van der Waals surface area contributed by atoms with E-state index >= 15 is 0 Å². The van der Waals surface area contributed by atoms with E-state index in [2.05, 4.69) is 23.2 Å². The summed E-state index contributed by atoms with van der Waals surface area (Å²) in [7, 11) is 0. The first-order valence-corrected chi connectivity index (χ1v) is 11.1. The van der Waals surface area contributed by atoms with E-state index in [9.17, 15) is 9.90 Å². The fourth-order valence-corrected chi connectivity index (χ4v) is 3.92. The second-order valence-electron chi connectivity index (χ2n) is 8.07. The number of fused-ring (bicyclic) bond motifs is 3. The van der Waals surface area contributed by atoms with Crippen LogP contribution in [0.25, 0.3) is 11.1 Å². The number of nitrogens with zero attached hydrogens (tertiary/aromatic N) is 2. The van der Waals surface area contributed by atoms with E-state index in [4.69, 9.17) is 15.2 Å². The van der Waals surface area contributed by atoms with Gasteiger partial charge in [0.25, 0.3) is 0 Å². The maximum atomic E-state index is 12.7. The summed E-state index contributed by atoms with van der Waals surface area (Å²) in [5.74, 6) is 0.542. The molecular weight excluding hydrogens is 418 g/mol. The zero-order valence-electron chi connectivity index (χ0n) is 18.5. The molecule has 2 heterocycles. The normalized spacial score (nSPS) is 15.6. The average Bonchev–Trinajstić information content (AvgIpc) is 2.85. The van der Waals surface area contributed by atoms with E-state index in [0.717, 1.165) is 33.6 Å². The summed E-state index contributed by atoms with van der Waals surface area (Å²) < 4.78 is 11.8. The Kier molecular flexibility index (Phi) is 7.67. The number of aliphatic hydroxyl groups excluding tert-OH is 1. The van der Waals surface area contributed by atoms with Crippen molar-refractivity contribution in [1.29, 1.82) is 0 Å². The lowest BCUT2D eigenvalue weighted by molar-refractivity contribution is -0.134.